The first kappa shape index (κ1) is 12.6. The topological polar surface area (TPSA) is 61.0 Å². The van der Waals surface area contributed by atoms with Crippen LogP contribution >= 0.6 is 11.6 Å². The Morgan fingerprint density at radius 2 is 2.11 bits per heavy atom. The van der Waals surface area contributed by atoms with Crippen LogP contribution in [0, 0.1) is 0 Å². The summed E-state index contributed by atoms with van der Waals surface area (Å²) < 4.78 is 5.58. The number of nitrogens with zero attached hydrogens (tertiary/aromatic N) is 2. The van der Waals surface area contributed by atoms with Gasteiger partial charge in [-0.3, -0.25) is 0 Å². The second kappa shape index (κ2) is 5.69. The first-order chi connectivity index (χ1) is 8.67. The van der Waals surface area contributed by atoms with Crippen LogP contribution < -0.4 is 10.5 Å². The van der Waals surface area contributed by atoms with E-state index in [1.54, 1.807) is 6.07 Å². The van der Waals surface area contributed by atoms with Gasteiger partial charge in [-0.2, -0.15) is 4.98 Å². The lowest BCUT2D eigenvalue weighted by molar-refractivity contribution is 0.292. The Bertz CT molecular complexity index is 546. The summed E-state index contributed by atoms with van der Waals surface area (Å²) in [4.78, 5) is 8.33. The van der Waals surface area contributed by atoms with Gasteiger partial charge in [0.25, 0.3) is 0 Å². The lowest BCUT2D eigenvalue weighted by Crippen LogP contribution is -2.03. The van der Waals surface area contributed by atoms with Gasteiger partial charge in [-0.15, -0.1) is 0 Å². The summed E-state index contributed by atoms with van der Waals surface area (Å²) in [5.74, 6) is 1.58. The molecule has 0 radical (unpaired) electrons. The van der Waals surface area contributed by atoms with E-state index < -0.39 is 0 Å². The Hall–Kier alpha value is -1.81. The molecule has 1 heterocycles. The smallest absolute Gasteiger partial charge is 0.219 e. The highest BCUT2D eigenvalue weighted by molar-refractivity contribution is 6.30. The number of nitrogens with two attached hydrogens (primary N) is 1. The molecule has 1 aromatic heterocycles. The minimum atomic E-state index is 0.403. The van der Waals surface area contributed by atoms with E-state index in [-0.39, 0.29) is 0 Å². The molecule has 4 nitrogen and oxygen atoms in total. The molecule has 0 fully saturated rings. The zero-order valence-electron chi connectivity index (χ0n) is 10.1. The Kier molecular flexibility index (Phi) is 3.99. The Morgan fingerprint density at radius 3 is 2.83 bits per heavy atom. The van der Waals surface area contributed by atoms with Gasteiger partial charge in [-0.25, -0.2) is 4.98 Å². The predicted octanol–water partition coefficient (Wildman–Crippen LogP) is 2.85. The van der Waals surface area contributed by atoms with Crippen molar-refractivity contribution < 1.29 is 4.74 Å². The zero-order chi connectivity index (χ0) is 13.0. The fourth-order valence-corrected chi connectivity index (χ4v) is 1.72. The Balaban J connectivity index is 2.08. The molecule has 2 rings (SSSR count). The minimum absolute atomic E-state index is 0.403. The molecule has 0 aliphatic rings. The average molecular weight is 264 g/mol. The highest BCUT2D eigenvalue weighted by Crippen LogP contribution is 2.15. The van der Waals surface area contributed by atoms with E-state index in [4.69, 9.17) is 22.1 Å². The number of benzene rings is 1. The highest BCUT2D eigenvalue weighted by atomic mass is 35.5. The standard InChI is InChI=1S/C13H14ClN3O/c1-2-12-16-11(15)7-13(17-12)18-8-9-4-3-5-10(14)6-9/h3-7H,2,8H2,1H3,(H2,15,16,17). The largest absolute Gasteiger partial charge is 0.473 e. The van der Waals surface area contributed by atoms with Crippen molar-refractivity contribution in [2.75, 3.05) is 5.73 Å². The second-order valence-electron chi connectivity index (χ2n) is 3.82. The number of anilines is 1. The lowest BCUT2D eigenvalue weighted by Gasteiger charge is -2.07. The number of aryl methyl sites for hydroxylation is 1. The van der Waals surface area contributed by atoms with Crippen molar-refractivity contribution in [1.29, 1.82) is 0 Å². The van der Waals surface area contributed by atoms with Gasteiger partial charge >= 0.3 is 0 Å². The van der Waals surface area contributed by atoms with Crippen LogP contribution in [0.1, 0.15) is 18.3 Å². The summed E-state index contributed by atoms with van der Waals surface area (Å²) in [5, 5.41) is 0.688. The third-order valence-corrected chi connectivity index (χ3v) is 2.60. The molecule has 2 N–H and O–H groups in total. The van der Waals surface area contributed by atoms with Crippen LogP contribution in [0.25, 0.3) is 0 Å². The maximum Gasteiger partial charge on any atom is 0.219 e. The maximum atomic E-state index is 5.90. The highest BCUT2D eigenvalue weighted by Gasteiger charge is 2.03. The van der Waals surface area contributed by atoms with Gasteiger partial charge in [0.2, 0.25) is 5.88 Å². The van der Waals surface area contributed by atoms with E-state index in [1.807, 2.05) is 31.2 Å². The average Bonchev–Trinajstić information content (AvgIpc) is 2.36. The van der Waals surface area contributed by atoms with Gasteiger partial charge in [0.05, 0.1) is 0 Å². The first-order valence-electron chi connectivity index (χ1n) is 5.68. The van der Waals surface area contributed by atoms with Gasteiger partial charge in [-0.1, -0.05) is 30.7 Å². The molecule has 0 spiro atoms. The fraction of sp³-hybridized carbons (Fsp3) is 0.231. The number of nitrogen functional groups attached to an aromatic ring is 1. The third kappa shape index (κ3) is 3.34. The predicted molar refractivity (Wildman–Crippen MR) is 71.6 cm³/mol. The molecule has 0 atom stereocenters. The van der Waals surface area contributed by atoms with E-state index in [1.165, 1.54) is 0 Å². The van der Waals surface area contributed by atoms with E-state index in [2.05, 4.69) is 9.97 Å². The molecular weight excluding hydrogens is 250 g/mol. The van der Waals surface area contributed by atoms with Gasteiger partial charge in [0.1, 0.15) is 18.2 Å². The van der Waals surface area contributed by atoms with E-state index in [0.29, 0.717) is 29.2 Å². The van der Waals surface area contributed by atoms with Crippen LogP contribution in [0.4, 0.5) is 5.82 Å². The van der Waals surface area contributed by atoms with Gasteiger partial charge in [-0.05, 0) is 17.7 Å². The van der Waals surface area contributed by atoms with Crippen LogP contribution in [0.3, 0.4) is 0 Å². The van der Waals surface area contributed by atoms with Crippen LogP contribution in [-0.2, 0) is 13.0 Å². The molecule has 94 valence electrons. The minimum Gasteiger partial charge on any atom is -0.473 e. The van der Waals surface area contributed by atoms with Crippen LogP contribution in [0.5, 0.6) is 5.88 Å². The molecule has 0 saturated heterocycles. The molecule has 0 aliphatic carbocycles. The molecule has 0 unspecified atom stereocenters. The third-order valence-electron chi connectivity index (χ3n) is 2.36. The Labute approximate surface area is 111 Å². The molecule has 0 saturated carbocycles. The summed E-state index contributed by atoms with van der Waals surface area (Å²) in [6.07, 6.45) is 0.721. The molecule has 2 aromatic rings. The number of aromatic nitrogens is 2. The van der Waals surface area contributed by atoms with E-state index in [9.17, 15) is 0 Å². The molecule has 18 heavy (non-hydrogen) atoms. The van der Waals surface area contributed by atoms with Crippen molar-refractivity contribution >= 4 is 17.4 Å². The summed E-state index contributed by atoms with van der Waals surface area (Å²) in [7, 11) is 0. The quantitative estimate of drug-likeness (QED) is 0.921. The van der Waals surface area contributed by atoms with Gasteiger partial charge < -0.3 is 10.5 Å². The monoisotopic (exact) mass is 263 g/mol. The van der Waals surface area contributed by atoms with Crippen molar-refractivity contribution in [1.82, 2.24) is 9.97 Å². The van der Waals surface area contributed by atoms with E-state index in [0.717, 1.165) is 12.0 Å². The van der Waals surface area contributed by atoms with Gasteiger partial charge in [0.15, 0.2) is 0 Å². The van der Waals surface area contributed by atoms with Crippen molar-refractivity contribution in [3.63, 3.8) is 0 Å². The SMILES string of the molecule is CCc1nc(N)cc(OCc2cccc(Cl)c2)n1. The molecule has 0 bridgehead atoms. The second-order valence-corrected chi connectivity index (χ2v) is 4.26. The van der Waals surface area contributed by atoms with Crippen LogP contribution in [0.2, 0.25) is 5.02 Å². The summed E-state index contributed by atoms with van der Waals surface area (Å²) >= 11 is 5.90. The molecule has 0 aliphatic heterocycles. The van der Waals surface area contributed by atoms with Crippen molar-refractivity contribution in [2.45, 2.75) is 20.0 Å². The fourth-order valence-electron chi connectivity index (χ4n) is 1.51. The molecule has 5 heteroatoms. The first-order valence-corrected chi connectivity index (χ1v) is 6.06. The van der Waals surface area contributed by atoms with Crippen LogP contribution in [-0.4, -0.2) is 9.97 Å². The normalized spacial score (nSPS) is 10.3. The number of hydrogen-bond donors (Lipinski definition) is 1. The number of halogens is 1. The maximum absolute atomic E-state index is 5.90. The summed E-state index contributed by atoms with van der Waals surface area (Å²) in [6.45, 7) is 2.37. The molecule has 0 amide bonds. The van der Waals surface area contributed by atoms with Crippen molar-refractivity contribution in [2.24, 2.45) is 0 Å². The summed E-state index contributed by atoms with van der Waals surface area (Å²) in [5.41, 5.74) is 6.66. The van der Waals surface area contributed by atoms with E-state index >= 15 is 0 Å². The molecule has 1 aromatic carbocycles. The Morgan fingerprint density at radius 1 is 1.28 bits per heavy atom. The zero-order valence-corrected chi connectivity index (χ0v) is 10.8. The lowest BCUT2D eigenvalue weighted by atomic mass is 10.2. The summed E-state index contributed by atoms with van der Waals surface area (Å²) in [6, 6.07) is 9.11. The molecular formula is C13H14ClN3O. The number of hydrogen-bond acceptors (Lipinski definition) is 4. The number of rotatable bonds is 4. The van der Waals surface area contributed by atoms with Gasteiger partial charge in [0, 0.05) is 17.5 Å². The number of ether oxygens (including phenoxy) is 1. The van der Waals surface area contributed by atoms with Crippen molar-refractivity contribution in [3.8, 4) is 5.88 Å². The van der Waals surface area contributed by atoms with Crippen molar-refractivity contribution in [3.05, 3.63) is 46.7 Å². The van der Waals surface area contributed by atoms with Crippen LogP contribution in [0.15, 0.2) is 30.3 Å².